The van der Waals surface area contributed by atoms with Crippen molar-refractivity contribution in [3.05, 3.63) is 57.4 Å². The van der Waals surface area contributed by atoms with Crippen molar-refractivity contribution in [1.82, 2.24) is 4.57 Å². The molecule has 1 atom stereocenters. The van der Waals surface area contributed by atoms with E-state index in [1.165, 1.54) is 18.2 Å². The Morgan fingerprint density at radius 2 is 1.90 bits per heavy atom. The predicted molar refractivity (Wildman–Crippen MR) is 104 cm³/mol. The molecule has 1 aromatic carbocycles. The van der Waals surface area contributed by atoms with Gasteiger partial charge < -0.3 is 18.8 Å². The zero-order chi connectivity index (χ0) is 21.6. The topological polar surface area (TPSA) is 110 Å². The van der Waals surface area contributed by atoms with Gasteiger partial charge in [-0.15, -0.1) is 0 Å². The maximum Gasteiger partial charge on any atom is 0.344 e. The van der Waals surface area contributed by atoms with Crippen molar-refractivity contribution >= 4 is 17.4 Å². The van der Waals surface area contributed by atoms with Gasteiger partial charge in [0.2, 0.25) is 5.78 Å². The van der Waals surface area contributed by atoms with Gasteiger partial charge in [-0.05, 0) is 32.9 Å². The van der Waals surface area contributed by atoms with Gasteiger partial charge in [0.25, 0.3) is 0 Å². The molecule has 0 fully saturated rings. The van der Waals surface area contributed by atoms with E-state index in [-0.39, 0.29) is 23.3 Å². The Balaban J connectivity index is 1.95. The lowest BCUT2D eigenvalue weighted by atomic mass is 10.1. The third kappa shape index (κ3) is 5.41. The number of nitro benzene ring substituents is 1. The molecule has 0 saturated carbocycles. The molecule has 29 heavy (non-hydrogen) atoms. The van der Waals surface area contributed by atoms with Gasteiger partial charge >= 0.3 is 11.7 Å². The number of aromatic nitrogens is 1. The fourth-order valence-electron chi connectivity index (χ4n) is 3.19. The summed E-state index contributed by atoms with van der Waals surface area (Å²) in [5.74, 6) is -1.18. The molecule has 1 aromatic heterocycles. The van der Waals surface area contributed by atoms with Gasteiger partial charge in [0.15, 0.2) is 19.0 Å². The number of carbonyl (C=O) groups is 2. The molecule has 0 saturated heterocycles. The fourth-order valence-corrected chi connectivity index (χ4v) is 3.19. The number of methoxy groups -OCH3 is 1. The predicted octanol–water partition coefficient (Wildman–Crippen LogP) is 3.03. The van der Waals surface area contributed by atoms with Gasteiger partial charge in [-0.3, -0.25) is 14.9 Å². The summed E-state index contributed by atoms with van der Waals surface area (Å²) < 4.78 is 17.3. The number of carbonyl (C=O) groups excluding carboxylic acids is 2. The lowest BCUT2D eigenvalue weighted by Gasteiger charge is -2.17. The molecule has 0 aliphatic heterocycles. The highest BCUT2D eigenvalue weighted by Gasteiger charge is 2.20. The highest BCUT2D eigenvalue weighted by Crippen LogP contribution is 2.25. The third-order valence-electron chi connectivity index (χ3n) is 4.41. The molecule has 9 nitrogen and oxygen atoms in total. The molecule has 0 N–H and O–H groups in total. The lowest BCUT2D eigenvalue weighted by molar-refractivity contribution is -0.385. The molecule has 2 rings (SSSR count). The van der Waals surface area contributed by atoms with Crippen molar-refractivity contribution < 1.29 is 28.7 Å². The van der Waals surface area contributed by atoms with Crippen LogP contribution < -0.4 is 4.74 Å². The summed E-state index contributed by atoms with van der Waals surface area (Å²) in [5.41, 5.74) is 1.89. The molecule has 156 valence electrons. The van der Waals surface area contributed by atoms with E-state index in [1.807, 2.05) is 25.3 Å². The van der Waals surface area contributed by atoms with Gasteiger partial charge in [-0.1, -0.05) is 12.1 Å². The minimum atomic E-state index is -0.793. The average Bonchev–Trinajstić information content (AvgIpc) is 2.99. The number of benzene rings is 1. The second-order valence-electron chi connectivity index (χ2n) is 6.56. The number of hydrogen-bond acceptors (Lipinski definition) is 7. The van der Waals surface area contributed by atoms with E-state index in [0.29, 0.717) is 12.2 Å². The monoisotopic (exact) mass is 404 g/mol. The van der Waals surface area contributed by atoms with E-state index in [0.717, 1.165) is 11.4 Å². The van der Waals surface area contributed by atoms with Crippen molar-refractivity contribution in [2.75, 3.05) is 26.9 Å². The number of ketones is 1. The van der Waals surface area contributed by atoms with Gasteiger partial charge in [0.1, 0.15) is 0 Å². The van der Waals surface area contributed by atoms with Crippen LogP contribution in [-0.2, 0) is 14.3 Å². The summed E-state index contributed by atoms with van der Waals surface area (Å²) in [6.07, 6.45) is 0. The summed E-state index contributed by atoms with van der Waals surface area (Å²) in [6, 6.07) is 7.50. The van der Waals surface area contributed by atoms with Crippen molar-refractivity contribution in [3.63, 3.8) is 0 Å². The molecule has 0 unspecified atom stereocenters. The Kier molecular flexibility index (Phi) is 7.49. The van der Waals surface area contributed by atoms with E-state index in [2.05, 4.69) is 0 Å². The first-order valence-corrected chi connectivity index (χ1v) is 8.98. The summed E-state index contributed by atoms with van der Waals surface area (Å²) in [6.45, 7) is 5.22. The van der Waals surface area contributed by atoms with E-state index < -0.39 is 24.1 Å². The van der Waals surface area contributed by atoms with Crippen LogP contribution in [0.25, 0.3) is 0 Å². The quantitative estimate of drug-likeness (QED) is 0.259. The van der Waals surface area contributed by atoms with Crippen LogP contribution >= 0.6 is 0 Å². The van der Waals surface area contributed by atoms with Crippen LogP contribution in [0.1, 0.15) is 34.7 Å². The number of ether oxygens (including phenoxy) is 3. The number of hydrogen-bond donors (Lipinski definition) is 0. The molecule has 0 aliphatic carbocycles. The Bertz CT molecular complexity index is 904. The van der Waals surface area contributed by atoms with Crippen LogP contribution in [0.15, 0.2) is 30.3 Å². The molecule has 0 spiro atoms. The first-order valence-electron chi connectivity index (χ1n) is 8.98. The Hall–Kier alpha value is -3.20. The number of para-hydroxylation sites is 2. The van der Waals surface area contributed by atoms with E-state index in [9.17, 15) is 19.7 Å². The second kappa shape index (κ2) is 9.83. The molecule has 2 aromatic rings. The van der Waals surface area contributed by atoms with Gasteiger partial charge in [0, 0.05) is 30.1 Å². The third-order valence-corrected chi connectivity index (χ3v) is 4.41. The van der Waals surface area contributed by atoms with E-state index >= 15 is 0 Å². The smallest absolute Gasteiger partial charge is 0.344 e. The molecule has 0 aliphatic rings. The normalized spacial score (nSPS) is 11.7. The van der Waals surface area contributed by atoms with Crippen LogP contribution in [0.2, 0.25) is 0 Å². The van der Waals surface area contributed by atoms with E-state index in [4.69, 9.17) is 14.2 Å². The standard InChI is InChI=1S/C20H24N2O7/c1-13-9-16(15(3)21(13)14(2)10-27-4)18(23)11-29-20(24)12-28-19-8-6-5-7-17(19)22(25)26/h5-9,14H,10-12H2,1-4H3/t14-/m0/s1. The number of aryl methyl sites for hydroxylation is 1. The molecule has 1 heterocycles. The second-order valence-corrected chi connectivity index (χ2v) is 6.56. The molecular formula is C20H24N2O7. The zero-order valence-corrected chi connectivity index (χ0v) is 16.8. The Morgan fingerprint density at radius 1 is 1.21 bits per heavy atom. The molecule has 0 bridgehead atoms. The highest BCUT2D eigenvalue weighted by atomic mass is 16.6. The fraction of sp³-hybridized carbons (Fsp3) is 0.400. The number of nitro groups is 1. The average molecular weight is 404 g/mol. The Labute approximate surface area is 168 Å². The summed E-state index contributed by atoms with van der Waals surface area (Å²) in [5, 5.41) is 10.9. The van der Waals surface area contributed by atoms with Crippen molar-refractivity contribution in [1.29, 1.82) is 0 Å². The van der Waals surface area contributed by atoms with Crippen molar-refractivity contribution in [3.8, 4) is 5.75 Å². The summed E-state index contributed by atoms with van der Waals surface area (Å²) in [7, 11) is 1.61. The number of Topliss-reactive ketones (excluding diaryl/α,β-unsaturated/α-hetero) is 1. The van der Waals surface area contributed by atoms with E-state index in [1.54, 1.807) is 19.2 Å². The largest absolute Gasteiger partial charge is 0.475 e. The Morgan fingerprint density at radius 3 is 2.55 bits per heavy atom. The zero-order valence-electron chi connectivity index (χ0n) is 16.8. The molecule has 0 radical (unpaired) electrons. The van der Waals surface area contributed by atoms with Gasteiger partial charge in [-0.2, -0.15) is 0 Å². The van der Waals surface area contributed by atoms with Crippen molar-refractivity contribution in [2.45, 2.75) is 26.8 Å². The summed E-state index contributed by atoms with van der Waals surface area (Å²) >= 11 is 0. The maximum atomic E-state index is 12.5. The van der Waals surface area contributed by atoms with Crippen LogP contribution in [0.5, 0.6) is 5.75 Å². The molecule has 0 amide bonds. The minimum absolute atomic E-state index is 0.0450. The van der Waals surface area contributed by atoms with Gasteiger partial charge in [0.05, 0.1) is 17.6 Å². The number of esters is 1. The van der Waals surface area contributed by atoms with Crippen molar-refractivity contribution in [2.24, 2.45) is 0 Å². The number of nitrogens with zero attached hydrogens (tertiary/aromatic N) is 2. The maximum absolute atomic E-state index is 12.5. The molecule has 9 heteroatoms. The van der Waals surface area contributed by atoms with Crippen LogP contribution in [0.3, 0.4) is 0 Å². The molecular weight excluding hydrogens is 380 g/mol. The summed E-state index contributed by atoms with van der Waals surface area (Å²) in [4.78, 5) is 34.7. The first kappa shape index (κ1) is 22.1. The SMILES string of the molecule is COC[C@H](C)n1c(C)cc(C(=O)COC(=O)COc2ccccc2[N+](=O)[O-])c1C. The van der Waals surface area contributed by atoms with Crippen LogP contribution in [0.4, 0.5) is 5.69 Å². The first-order chi connectivity index (χ1) is 13.8. The minimum Gasteiger partial charge on any atom is -0.475 e. The van der Waals surface area contributed by atoms with Crippen LogP contribution in [-0.4, -0.2) is 48.2 Å². The number of rotatable bonds is 10. The van der Waals surface area contributed by atoms with Crippen LogP contribution in [0, 0.1) is 24.0 Å². The lowest BCUT2D eigenvalue weighted by Crippen LogP contribution is -2.20. The van der Waals surface area contributed by atoms with Gasteiger partial charge in [-0.25, -0.2) is 4.79 Å². The highest BCUT2D eigenvalue weighted by molar-refractivity contribution is 5.99.